The molecule has 4 nitrogen and oxygen atoms in total. The van der Waals surface area contributed by atoms with E-state index in [1.165, 1.54) is 11.1 Å². The van der Waals surface area contributed by atoms with Crippen LogP contribution in [0.3, 0.4) is 0 Å². The first-order chi connectivity index (χ1) is 12.3. The number of piperazine rings is 1. The van der Waals surface area contributed by atoms with E-state index in [2.05, 4.69) is 41.5 Å². The molecule has 3 rings (SSSR count). The van der Waals surface area contributed by atoms with Crippen LogP contribution in [0.5, 0.6) is 0 Å². The molecule has 1 saturated heterocycles. The summed E-state index contributed by atoms with van der Waals surface area (Å²) in [6, 6.07) is 12.8. The van der Waals surface area contributed by atoms with Crippen molar-refractivity contribution in [2.75, 3.05) is 25.4 Å². The number of hydrogen-bond donors (Lipinski definition) is 1. The molecule has 1 aliphatic heterocycles. The van der Waals surface area contributed by atoms with E-state index in [0.29, 0.717) is 5.75 Å². The van der Waals surface area contributed by atoms with Gasteiger partial charge in [-0.3, -0.25) is 9.78 Å². The van der Waals surface area contributed by atoms with Gasteiger partial charge in [-0.05, 0) is 29.2 Å². The maximum Gasteiger partial charge on any atom is 0.233 e. The van der Waals surface area contributed by atoms with Gasteiger partial charge in [-0.15, -0.1) is 11.8 Å². The zero-order valence-corrected chi connectivity index (χ0v) is 15.5. The highest BCUT2D eigenvalue weighted by atomic mass is 32.2. The van der Waals surface area contributed by atoms with E-state index in [4.69, 9.17) is 0 Å². The van der Waals surface area contributed by atoms with Gasteiger partial charge in [0, 0.05) is 37.8 Å². The molecule has 1 N–H and O–H groups in total. The van der Waals surface area contributed by atoms with Crippen LogP contribution in [0.4, 0.5) is 0 Å². The van der Waals surface area contributed by atoms with E-state index in [1.54, 1.807) is 18.0 Å². The Morgan fingerprint density at radius 3 is 2.84 bits per heavy atom. The second-order valence-corrected chi connectivity index (χ2v) is 7.24. The van der Waals surface area contributed by atoms with Crippen molar-refractivity contribution in [2.45, 2.75) is 25.1 Å². The second-order valence-electron chi connectivity index (χ2n) is 6.26. The highest BCUT2D eigenvalue weighted by Gasteiger charge is 2.27. The lowest BCUT2D eigenvalue weighted by molar-refractivity contribution is -0.131. The van der Waals surface area contributed by atoms with Crippen molar-refractivity contribution < 1.29 is 4.79 Å². The Labute approximate surface area is 154 Å². The Morgan fingerprint density at radius 1 is 1.28 bits per heavy atom. The number of benzene rings is 1. The molecule has 1 aliphatic rings. The number of aromatic nitrogens is 1. The average Bonchev–Trinajstić information content (AvgIpc) is 2.69. The molecule has 1 aromatic heterocycles. The molecule has 2 aromatic rings. The first-order valence-corrected chi connectivity index (χ1v) is 9.99. The maximum absolute atomic E-state index is 12.8. The van der Waals surface area contributed by atoms with Crippen molar-refractivity contribution in [3.05, 3.63) is 65.5 Å². The lowest BCUT2D eigenvalue weighted by Crippen LogP contribution is -2.49. The molecule has 0 bridgehead atoms. The van der Waals surface area contributed by atoms with Crippen molar-refractivity contribution in [1.29, 1.82) is 0 Å². The fourth-order valence-electron chi connectivity index (χ4n) is 3.10. The van der Waals surface area contributed by atoms with Crippen molar-refractivity contribution >= 4 is 17.7 Å². The predicted octanol–water partition coefficient (Wildman–Crippen LogP) is 3.05. The van der Waals surface area contributed by atoms with Crippen LogP contribution in [0.15, 0.2) is 48.8 Å². The average molecular weight is 356 g/mol. The topological polar surface area (TPSA) is 45.2 Å². The van der Waals surface area contributed by atoms with Crippen LogP contribution in [-0.2, 0) is 17.0 Å². The number of pyridine rings is 1. The van der Waals surface area contributed by atoms with Gasteiger partial charge in [-0.1, -0.05) is 37.3 Å². The highest BCUT2D eigenvalue weighted by Crippen LogP contribution is 2.24. The highest BCUT2D eigenvalue weighted by molar-refractivity contribution is 7.99. The van der Waals surface area contributed by atoms with Gasteiger partial charge >= 0.3 is 0 Å². The van der Waals surface area contributed by atoms with Gasteiger partial charge in [-0.25, -0.2) is 0 Å². The minimum atomic E-state index is 0.131. The number of aryl methyl sites for hydroxylation is 1. The molecule has 0 saturated carbocycles. The third kappa shape index (κ3) is 4.83. The molecular formula is C20H25N3OS. The smallest absolute Gasteiger partial charge is 0.233 e. The van der Waals surface area contributed by atoms with E-state index in [-0.39, 0.29) is 11.9 Å². The Kier molecular flexibility index (Phi) is 6.48. The lowest BCUT2D eigenvalue weighted by atomic mass is 10.0. The first kappa shape index (κ1) is 18.0. The molecule has 132 valence electrons. The normalized spacial score (nSPS) is 17.5. The third-order valence-corrected chi connectivity index (χ3v) is 5.54. The quantitative estimate of drug-likeness (QED) is 0.865. The molecule has 5 heteroatoms. The van der Waals surface area contributed by atoms with Gasteiger partial charge in [0.15, 0.2) is 0 Å². The number of amides is 1. The second kappa shape index (κ2) is 9.02. The van der Waals surface area contributed by atoms with E-state index in [0.717, 1.165) is 37.4 Å². The number of carbonyl (C=O) groups is 1. The van der Waals surface area contributed by atoms with E-state index < -0.39 is 0 Å². The number of carbonyl (C=O) groups excluding carboxylic acids is 1. The molecule has 1 fully saturated rings. The van der Waals surface area contributed by atoms with Gasteiger partial charge in [0.05, 0.1) is 11.8 Å². The minimum absolute atomic E-state index is 0.131. The van der Waals surface area contributed by atoms with Crippen LogP contribution in [0, 0.1) is 0 Å². The monoisotopic (exact) mass is 355 g/mol. The molecule has 25 heavy (non-hydrogen) atoms. The molecule has 1 unspecified atom stereocenters. The molecule has 2 heterocycles. The van der Waals surface area contributed by atoms with Crippen LogP contribution in [-0.4, -0.2) is 41.2 Å². The summed E-state index contributed by atoms with van der Waals surface area (Å²) in [6.45, 7) is 4.62. The summed E-state index contributed by atoms with van der Waals surface area (Å²) in [5.41, 5.74) is 3.71. The molecule has 1 amide bonds. The number of rotatable bonds is 6. The summed E-state index contributed by atoms with van der Waals surface area (Å²) >= 11 is 1.66. The fourth-order valence-corrected chi connectivity index (χ4v) is 3.95. The number of thioether (sulfide) groups is 1. The largest absolute Gasteiger partial charge is 0.332 e. The summed E-state index contributed by atoms with van der Waals surface area (Å²) in [4.78, 5) is 18.9. The van der Waals surface area contributed by atoms with Gasteiger partial charge in [-0.2, -0.15) is 0 Å². The number of hydrogen-bond acceptors (Lipinski definition) is 4. The summed E-state index contributed by atoms with van der Waals surface area (Å²) < 4.78 is 0. The van der Waals surface area contributed by atoms with E-state index in [9.17, 15) is 4.79 Å². The van der Waals surface area contributed by atoms with Gasteiger partial charge < -0.3 is 10.2 Å². The van der Waals surface area contributed by atoms with Crippen LogP contribution < -0.4 is 5.32 Å². The maximum atomic E-state index is 12.8. The first-order valence-electron chi connectivity index (χ1n) is 8.83. The summed E-state index contributed by atoms with van der Waals surface area (Å²) in [5, 5.41) is 3.42. The number of nitrogens with zero attached hydrogens (tertiary/aromatic N) is 2. The zero-order valence-electron chi connectivity index (χ0n) is 14.6. The van der Waals surface area contributed by atoms with Gasteiger partial charge in [0.1, 0.15) is 0 Å². The standard InChI is InChI=1S/C20H25N3OS/c1-2-16-5-7-18(8-6-16)19-13-22-10-11-23(19)20(24)15-25-14-17-4-3-9-21-12-17/h3-9,12,19,22H,2,10-11,13-15H2,1H3. The van der Waals surface area contributed by atoms with Crippen molar-refractivity contribution in [1.82, 2.24) is 15.2 Å². The zero-order chi connectivity index (χ0) is 17.5. The number of nitrogens with one attached hydrogen (secondary N) is 1. The lowest BCUT2D eigenvalue weighted by Gasteiger charge is -2.36. The van der Waals surface area contributed by atoms with Crippen LogP contribution in [0.2, 0.25) is 0 Å². The molecule has 0 aliphatic carbocycles. The minimum Gasteiger partial charge on any atom is -0.332 e. The SMILES string of the molecule is CCc1ccc(C2CNCCN2C(=O)CSCc2cccnc2)cc1. The Morgan fingerprint density at radius 2 is 2.12 bits per heavy atom. The molecule has 1 atom stereocenters. The Bertz CT molecular complexity index is 675. The van der Waals surface area contributed by atoms with Crippen LogP contribution >= 0.6 is 11.8 Å². The van der Waals surface area contributed by atoms with Crippen molar-refractivity contribution in [3.8, 4) is 0 Å². The van der Waals surface area contributed by atoms with Gasteiger partial charge in [0.2, 0.25) is 5.91 Å². The summed E-state index contributed by atoms with van der Waals surface area (Å²) in [7, 11) is 0. The third-order valence-electron chi connectivity index (χ3n) is 4.55. The summed E-state index contributed by atoms with van der Waals surface area (Å²) in [5.74, 6) is 1.56. The Hall–Kier alpha value is -1.85. The van der Waals surface area contributed by atoms with Crippen LogP contribution in [0.1, 0.15) is 29.7 Å². The van der Waals surface area contributed by atoms with Crippen molar-refractivity contribution in [3.63, 3.8) is 0 Å². The van der Waals surface area contributed by atoms with Crippen LogP contribution in [0.25, 0.3) is 0 Å². The summed E-state index contributed by atoms with van der Waals surface area (Å²) in [6.07, 6.45) is 4.67. The van der Waals surface area contributed by atoms with E-state index in [1.807, 2.05) is 23.2 Å². The van der Waals surface area contributed by atoms with Gasteiger partial charge in [0.25, 0.3) is 0 Å². The molecule has 1 aromatic carbocycles. The molecular weight excluding hydrogens is 330 g/mol. The predicted molar refractivity (Wildman–Crippen MR) is 104 cm³/mol. The van der Waals surface area contributed by atoms with Crippen molar-refractivity contribution in [2.24, 2.45) is 0 Å². The fraction of sp³-hybridized carbons (Fsp3) is 0.400. The Balaban J connectivity index is 1.60. The van der Waals surface area contributed by atoms with E-state index >= 15 is 0 Å². The molecule has 0 spiro atoms. The molecule has 0 radical (unpaired) electrons.